The minimum Gasteiger partial charge on any atom is -0.459 e. The summed E-state index contributed by atoms with van der Waals surface area (Å²) in [4.78, 5) is 35.0. The van der Waals surface area contributed by atoms with Crippen molar-refractivity contribution in [2.45, 2.75) is 13.5 Å². The van der Waals surface area contributed by atoms with Crippen LogP contribution in [0.3, 0.4) is 0 Å². The fraction of sp³-hybridized carbons (Fsp3) is 0.409. The summed E-state index contributed by atoms with van der Waals surface area (Å²) in [5, 5.41) is 3.17. The van der Waals surface area contributed by atoms with E-state index < -0.39 is 0 Å². The summed E-state index contributed by atoms with van der Waals surface area (Å²) in [6.07, 6.45) is 1.50. The SMILES string of the molecule is CCN(Cc1ccccc1)C(=O)CNC(=NC)N1CCN(C(=O)c2ccco2)CC1. The largest absolute Gasteiger partial charge is 0.459 e. The Labute approximate surface area is 177 Å². The van der Waals surface area contributed by atoms with Gasteiger partial charge in [0.25, 0.3) is 5.91 Å². The molecule has 0 spiro atoms. The lowest BCUT2D eigenvalue weighted by Gasteiger charge is -2.36. The van der Waals surface area contributed by atoms with Crippen molar-refractivity contribution in [3.05, 3.63) is 60.1 Å². The number of furan rings is 1. The van der Waals surface area contributed by atoms with Crippen molar-refractivity contribution in [3.8, 4) is 0 Å². The van der Waals surface area contributed by atoms with Crippen molar-refractivity contribution >= 4 is 17.8 Å². The monoisotopic (exact) mass is 411 g/mol. The standard InChI is InChI=1S/C22H29N5O3/c1-3-25(17-18-8-5-4-6-9-18)20(28)16-24-22(23-2)27-13-11-26(12-14-27)21(29)19-10-7-15-30-19/h4-10,15H,3,11-14,16-17H2,1-2H3,(H,23,24). The molecule has 0 atom stereocenters. The fourth-order valence-corrected chi connectivity index (χ4v) is 3.46. The number of rotatable bonds is 6. The van der Waals surface area contributed by atoms with Gasteiger partial charge >= 0.3 is 0 Å². The Morgan fingerprint density at radius 3 is 2.37 bits per heavy atom. The zero-order valence-electron chi connectivity index (χ0n) is 17.6. The van der Waals surface area contributed by atoms with E-state index in [4.69, 9.17) is 4.42 Å². The molecule has 3 rings (SSSR count). The van der Waals surface area contributed by atoms with E-state index in [-0.39, 0.29) is 18.4 Å². The van der Waals surface area contributed by atoms with Crippen LogP contribution in [0.5, 0.6) is 0 Å². The van der Waals surface area contributed by atoms with Crippen LogP contribution < -0.4 is 5.32 Å². The summed E-state index contributed by atoms with van der Waals surface area (Å²) in [7, 11) is 1.70. The number of carbonyl (C=O) groups excluding carboxylic acids is 2. The van der Waals surface area contributed by atoms with Crippen molar-refractivity contribution in [1.82, 2.24) is 20.0 Å². The average molecular weight is 412 g/mol. The molecule has 1 aliphatic heterocycles. The van der Waals surface area contributed by atoms with Crippen molar-refractivity contribution in [1.29, 1.82) is 0 Å². The summed E-state index contributed by atoms with van der Waals surface area (Å²) in [6, 6.07) is 13.3. The Hall–Kier alpha value is -3.29. The second kappa shape index (κ2) is 10.5. The topological polar surface area (TPSA) is 81.4 Å². The van der Waals surface area contributed by atoms with Gasteiger partial charge < -0.3 is 24.4 Å². The Kier molecular flexibility index (Phi) is 7.48. The fourth-order valence-electron chi connectivity index (χ4n) is 3.46. The molecule has 8 heteroatoms. The molecule has 2 heterocycles. The number of guanidine groups is 1. The summed E-state index contributed by atoms with van der Waals surface area (Å²) < 4.78 is 5.20. The number of nitrogens with zero attached hydrogens (tertiary/aromatic N) is 4. The molecular weight excluding hydrogens is 382 g/mol. The lowest BCUT2D eigenvalue weighted by atomic mass is 10.2. The lowest BCUT2D eigenvalue weighted by molar-refractivity contribution is -0.130. The number of hydrogen-bond acceptors (Lipinski definition) is 4. The highest BCUT2D eigenvalue weighted by atomic mass is 16.3. The second-order valence-corrected chi connectivity index (χ2v) is 7.05. The van der Waals surface area contributed by atoms with Crippen molar-refractivity contribution in [2.24, 2.45) is 4.99 Å². The third kappa shape index (κ3) is 5.40. The predicted octanol–water partition coefficient (Wildman–Crippen LogP) is 1.66. The van der Waals surface area contributed by atoms with E-state index in [1.807, 2.05) is 42.2 Å². The second-order valence-electron chi connectivity index (χ2n) is 7.05. The van der Waals surface area contributed by atoms with Crippen LogP contribution in [0.25, 0.3) is 0 Å². The predicted molar refractivity (Wildman–Crippen MR) is 115 cm³/mol. The number of aliphatic imine (C=N–C) groups is 1. The number of benzene rings is 1. The van der Waals surface area contributed by atoms with E-state index in [1.165, 1.54) is 6.26 Å². The maximum atomic E-state index is 12.7. The van der Waals surface area contributed by atoms with Crippen LogP contribution in [0, 0.1) is 0 Å². The molecule has 2 amide bonds. The van der Waals surface area contributed by atoms with Crippen LogP contribution >= 0.6 is 0 Å². The summed E-state index contributed by atoms with van der Waals surface area (Å²) in [5.41, 5.74) is 1.11. The zero-order valence-corrected chi connectivity index (χ0v) is 17.6. The molecule has 0 aliphatic carbocycles. The summed E-state index contributed by atoms with van der Waals surface area (Å²) >= 11 is 0. The minimum absolute atomic E-state index is 0.0223. The Balaban J connectivity index is 1.48. The molecule has 0 bridgehead atoms. The lowest BCUT2D eigenvalue weighted by Crippen LogP contribution is -2.54. The van der Waals surface area contributed by atoms with Gasteiger partial charge in [-0.2, -0.15) is 0 Å². The number of hydrogen-bond donors (Lipinski definition) is 1. The molecule has 0 unspecified atom stereocenters. The van der Waals surface area contributed by atoms with Crippen LogP contribution in [0.2, 0.25) is 0 Å². The van der Waals surface area contributed by atoms with E-state index >= 15 is 0 Å². The maximum absolute atomic E-state index is 12.7. The van der Waals surface area contributed by atoms with Gasteiger partial charge in [-0.1, -0.05) is 30.3 Å². The van der Waals surface area contributed by atoms with Crippen LogP contribution in [-0.2, 0) is 11.3 Å². The average Bonchev–Trinajstić information content (AvgIpc) is 3.33. The third-order valence-corrected chi connectivity index (χ3v) is 5.16. The van der Waals surface area contributed by atoms with Crippen LogP contribution in [-0.4, -0.2) is 78.8 Å². The zero-order chi connectivity index (χ0) is 21.3. The van der Waals surface area contributed by atoms with Gasteiger partial charge in [-0.25, -0.2) is 0 Å². The van der Waals surface area contributed by atoms with Crippen LogP contribution in [0.4, 0.5) is 0 Å². The highest BCUT2D eigenvalue weighted by Crippen LogP contribution is 2.10. The van der Waals surface area contributed by atoms with E-state index in [0.717, 1.165) is 5.56 Å². The first-order chi connectivity index (χ1) is 14.6. The molecule has 30 heavy (non-hydrogen) atoms. The Bertz CT molecular complexity index is 843. The first-order valence-electron chi connectivity index (χ1n) is 10.2. The molecule has 1 aromatic carbocycles. The molecular formula is C22H29N5O3. The molecule has 0 radical (unpaired) electrons. The molecule has 1 aliphatic rings. The molecule has 2 aromatic rings. The summed E-state index contributed by atoms with van der Waals surface area (Å²) in [5.74, 6) is 0.949. The molecule has 1 aromatic heterocycles. The van der Waals surface area contributed by atoms with Gasteiger partial charge in [0, 0.05) is 46.3 Å². The molecule has 8 nitrogen and oxygen atoms in total. The smallest absolute Gasteiger partial charge is 0.289 e. The molecule has 1 saturated heterocycles. The van der Waals surface area contributed by atoms with Gasteiger partial charge in [0.2, 0.25) is 5.91 Å². The van der Waals surface area contributed by atoms with Crippen molar-refractivity contribution < 1.29 is 14.0 Å². The van der Waals surface area contributed by atoms with E-state index in [9.17, 15) is 9.59 Å². The molecule has 160 valence electrons. The Morgan fingerprint density at radius 2 is 1.77 bits per heavy atom. The van der Waals surface area contributed by atoms with Crippen molar-refractivity contribution in [2.75, 3.05) is 46.3 Å². The number of nitrogens with one attached hydrogen (secondary N) is 1. The number of likely N-dealkylation sites (N-methyl/N-ethyl adjacent to an activating group) is 1. The highest BCUT2D eigenvalue weighted by Gasteiger charge is 2.25. The first-order valence-corrected chi connectivity index (χ1v) is 10.2. The van der Waals surface area contributed by atoms with Gasteiger partial charge in [0.15, 0.2) is 11.7 Å². The summed E-state index contributed by atoms with van der Waals surface area (Å²) in [6.45, 7) is 5.81. The highest BCUT2D eigenvalue weighted by molar-refractivity contribution is 5.92. The third-order valence-electron chi connectivity index (χ3n) is 5.16. The van der Waals surface area contributed by atoms with Crippen LogP contribution in [0.15, 0.2) is 58.1 Å². The maximum Gasteiger partial charge on any atom is 0.289 e. The van der Waals surface area contributed by atoms with Crippen molar-refractivity contribution in [3.63, 3.8) is 0 Å². The molecule has 1 N–H and O–H groups in total. The van der Waals surface area contributed by atoms with E-state index in [2.05, 4.69) is 15.2 Å². The van der Waals surface area contributed by atoms with Gasteiger partial charge in [0.1, 0.15) is 0 Å². The van der Waals surface area contributed by atoms with Gasteiger partial charge in [0.05, 0.1) is 12.8 Å². The van der Waals surface area contributed by atoms with E-state index in [1.54, 1.807) is 24.1 Å². The van der Waals surface area contributed by atoms with Gasteiger partial charge in [-0.15, -0.1) is 0 Å². The first kappa shape index (κ1) is 21.4. The molecule has 1 fully saturated rings. The normalized spacial score (nSPS) is 14.5. The number of piperazine rings is 1. The Morgan fingerprint density at radius 1 is 1.07 bits per heavy atom. The van der Waals surface area contributed by atoms with Gasteiger partial charge in [-0.05, 0) is 24.6 Å². The van der Waals surface area contributed by atoms with Gasteiger partial charge in [-0.3, -0.25) is 14.6 Å². The van der Waals surface area contributed by atoms with Crippen LogP contribution in [0.1, 0.15) is 23.0 Å². The number of carbonyl (C=O) groups is 2. The number of amides is 2. The molecule has 0 saturated carbocycles. The quantitative estimate of drug-likeness (QED) is 0.578. The van der Waals surface area contributed by atoms with E-state index in [0.29, 0.717) is 51.0 Å². The minimum atomic E-state index is -0.0997.